The molecule has 3 heterocycles. The van der Waals surface area contributed by atoms with Crippen molar-refractivity contribution in [3.63, 3.8) is 0 Å². The third kappa shape index (κ3) is 5.94. The highest BCUT2D eigenvalue weighted by molar-refractivity contribution is 9.10. The van der Waals surface area contributed by atoms with E-state index in [0.717, 1.165) is 70.8 Å². The molecule has 0 bridgehead atoms. The van der Waals surface area contributed by atoms with Gasteiger partial charge in [0.1, 0.15) is 23.7 Å². The Morgan fingerprint density at radius 2 is 2.00 bits per heavy atom. The number of aliphatic hydroxyl groups excluding tert-OH is 1. The van der Waals surface area contributed by atoms with Crippen LogP contribution in [0.25, 0.3) is 22.4 Å². The number of ether oxygens (including phenoxy) is 2. The summed E-state index contributed by atoms with van der Waals surface area (Å²) in [6, 6.07) is 11.4. The van der Waals surface area contributed by atoms with Gasteiger partial charge in [-0.3, -0.25) is 9.69 Å². The van der Waals surface area contributed by atoms with Gasteiger partial charge in [-0.15, -0.1) is 0 Å². The van der Waals surface area contributed by atoms with Gasteiger partial charge in [-0.2, -0.15) is 0 Å². The molecular formula is C28H32BrN5O4. The third-order valence-corrected chi connectivity index (χ3v) is 7.65. The van der Waals surface area contributed by atoms with E-state index in [1.807, 2.05) is 44.2 Å². The summed E-state index contributed by atoms with van der Waals surface area (Å²) >= 11 is 3.52. The van der Waals surface area contributed by atoms with Crippen molar-refractivity contribution in [1.29, 1.82) is 0 Å². The summed E-state index contributed by atoms with van der Waals surface area (Å²) in [5.41, 5.74) is 5.08. The fourth-order valence-corrected chi connectivity index (χ4v) is 4.97. The number of aromatic nitrogens is 3. The molecule has 9 nitrogen and oxygen atoms in total. The topological polar surface area (TPSA) is 116 Å². The van der Waals surface area contributed by atoms with Crippen LogP contribution in [0.2, 0.25) is 0 Å². The van der Waals surface area contributed by atoms with E-state index in [1.165, 1.54) is 0 Å². The molecule has 1 fully saturated rings. The lowest BCUT2D eigenvalue weighted by Crippen LogP contribution is -2.38. The number of fused-ring (bicyclic) bond motifs is 1. The van der Waals surface area contributed by atoms with Crippen molar-refractivity contribution >= 4 is 32.7 Å². The van der Waals surface area contributed by atoms with Gasteiger partial charge >= 0.3 is 0 Å². The minimum atomic E-state index is -0.755. The van der Waals surface area contributed by atoms with Gasteiger partial charge in [-0.1, -0.05) is 28.1 Å². The quantitative estimate of drug-likeness (QED) is 0.234. The van der Waals surface area contributed by atoms with Crippen LogP contribution >= 0.6 is 15.9 Å². The van der Waals surface area contributed by atoms with Gasteiger partial charge in [0.2, 0.25) is 0 Å². The van der Waals surface area contributed by atoms with Crippen LogP contribution in [0.15, 0.2) is 51.9 Å². The highest BCUT2D eigenvalue weighted by Crippen LogP contribution is 2.29. The molecule has 1 saturated heterocycles. The molecule has 0 saturated carbocycles. The zero-order valence-electron chi connectivity index (χ0n) is 21.5. The summed E-state index contributed by atoms with van der Waals surface area (Å²) in [5.74, 6) is 1.21. The minimum Gasteiger partial charge on any atom is -0.492 e. The highest BCUT2D eigenvalue weighted by Gasteiger charge is 2.18. The van der Waals surface area contributed by atoms with Crippen molar-refractivity contribution < 1.29 is 14.6 Å². The number of aliphatic hydroxyl groups is 1. The molecule has 2 aromatic heterocycles. The van der Waals surface area contributed by atoms with Gasteiger partial charge in [0.05, 0.1) is 36.0 Å². The average molecular weight is 582 g/mol. The first-order valence-corrected chi connectivity index (χ1v) is 13.5. The summed E-state index contributed by atoms with van der Waals surface area (Å²) in [6.45, 7) is 9.00. The molecule has 0 aliphatic carbocycles. The Bertz CT molecular complexity index is 1480. The van der Waals surface area contributed by atoms with Crippen molar-refractivity contribution in [3.8, 4) is 17.1 Å². The van der Waals surface area contributed by atoms with E-state index >= 15 is 0 Å². The van der Waals surface area contributed by atoms with Crippen molar-refractivity contribution in [2.24, 2.45) is 0 Å². The van der Waals surface area contributed by atoms with Crippen molar-refractivity contribution in [1.82, 2.24) is 19.9 Å². The van der Waals surface area contributed by atoms with Gasteiger partial charge in [-0.05, 0) is 48.7 Å². The molecule has 1 unspecified atom stereocenters. The van der Waals surface area contributed by atoms with Gasteiger partial charge in [0.15, 0.2) is 0 Å². The number of rotatable bonds is 9. The maximum Gasteiger partial charge on any atom is 0.261 e. The lowest BCUT2D eigenvalue weighted by atomic mass is 10.1. The number of nitrogens with one attached hydrogen (secondary N) is 3. The number of benzene rings is 2. The van der Waals surface area contributed by atoms with E-state index in [2.05, 4.69) is 36.1 Å². The fourth-order valence-electron chi connectivity index (χ4n) is 4.58. The van der Waals surface area contributed by atoms with Gasteiger partial charge in [-0.25, -0.2) is 4.98 Å². The van der Waals surface area contributed by atoms with Crippen LogP contribution in [0.5, 0.6) is 5.75 Å². The number of hydrogen-bond donors (Lipinski definition) is 4. The number of H-pyrrole nitrogens is 2. The standard InChI is InChI=1S/C28H32BrN5O4/c1-17-3-4-19(14-21(17)29)24(35)16-31-22-5-6-30-28(36)25(22)27-32-23-15-20(13-18(2)26(23)33-27)38-12-9-34-7-10-37-11-8-34/h3-6,13-15,24,35H,7-12,16H2,1-2H3,(H,32,33)(H2,30,31,36). The first kappa shape index (κ1) is 26.4. The zero-order valence-corrected chi connectivity index (χ0v) is 23.1. The van der Waals surface area contributed by atoms with Crippen molar-refractivity contribution in [2.75, 3.05) is 51.3 Å². The number of anilines is 1. The zero-order chi connectivity index (χ0) is 26.6. The minimum absolute atomic E-state index is 0.229. The first-order valence-electron chi connectivity index (χ1n) is 12.7. The molecule has 200 valence electrons. The number of pyridine rings is 1. The molecule has 4 N–H and O–H groups in total. The van der Waals surface area contributed by atoms with Crippen LogP contribution in [0, 0.1) is 13.8 Å². The normalized spacial score (nSPS) is 15.1. The molecule has 1 aliphatic rings. The Kier molecular flexibility index (Phi) is 8.13. The fraction of sp³-hybridized carbons (Fsp3) is 0.357. The lowest BCUT2D eigenvalue weighted by molar-refractivity contribution is 0.0322. The third-order valence-electron chi connectivity index (χ3n) is 6.79. The van der Waals surface area contributed by atoms with Crippen LogP contribution < -0.4 is 15.6 Å². The van der Waals surface area contributed by atoms with Gasteiger partial charge < -0.3 is 29.9 Å². The first-order chi connectivity index (χ1) is 18.4. The smallest absolute Gasteiger partial charge is 0.261 e. The van der Waals surface area contributed by atoms with E-state index in [1.54, 1.807) is 12.3 Å². The maximum absolute atomic E-state index is 12.9. The van der Waals surface area contributed by atoms with Crippen LogP contribution in [0.4, 0.5) is 5.69 Å². The average Bonchev–Trinajstić information content (AvgIpc) is 3.34. The number of hydrogen-bond acceptors (Lipinski definition) is 7. The predicted molar refractivity (Wildman–Crippen MR) is 152 cm³/mol. The molecule has 2 aromatic carbocycles. The Morgan fingerprint density at radius 1 is 1.18 bits per heavy atom. The van der Waals surface area contributed by atoms with E-state index in [4.69, 9.17) is 14.5 Å². The molecule has 4 aromatic rings. The lowest BCUT2D eigenvalue weighted by Gasteiger charge is -2.26. The summed E-state index contributed by atoms with van der Waals surface area (Å²) < 4.78 is 12.4. The van der Waals surface area contributed by atoms with Crippen LogP contribution in [-0.4, -0.2) is 71.0 Å². The van der Waals surface area contributed by atoms with Crippen LogP contribution in [0.3, 0.4) is 0 Å². The number of aromatic amines is 2. The molecule has 10 heteroatoms. The van der Waals surface area contributed by atoms with Crippen LogP contribution in [0.1, 0.15) is 22.8 Å². The van der Waals surface area contributed by atoms with Crippen molar-refractivity contribution in [2.45, 2.75) is 20.0 Å². The Morgan fingerprint density at radius 3 is 2.79 bits per heavy atom. The van der Waals surface area contributed by atoms with Gasteiger partial charge in [0, 0.05) is 42.9 Å². The molecule has 38 heavy (non-hydrogen) atoms. The summed E-state index contributed by atoms with van der Waals surface area (Å²) in [4.78, 5) is 26.0. The van der Waals surface area contributed by atoms with E-state index in [-0.39, 0.29) is 12.1 Å². The number of morpholine rings is 1. The second-order valence-corrected chi connectivity index (χ2v) is 10.4. The molecule has 0 spiro atoms. The highest BCUT2D eigenvalue weighted by atomic mass is 79.9. The van der Waals surface area contributed by atoms with Crippen molar-refractivity contribution in [3.05, 3.63) is 74.1 Å². The van der Waals surface area contributed by atoms with E-state index < -0.39 is 6.10 Å². The molecule has 0 radical (unpaired) electrons. The Hall–Kier alpha value is -3.18. The second-order valence-electron chi connectivity index (χ2n) is 9.53. The van der Waals surface area contributed by atoms with E-state index in [9.17, 15) is 9.90 Å². The SMILES string of the molecule is Cc1ccc(C(O)CNc2cc[nH]c(=O)c2-c2nc3c(C)cc(OCCN4CCOCC4)cc3[nH]2)cc1Br. The molecule has 0 amide bonds. The molecular weight excluding hydrogens is 550 g/mol. The van der Waals surface area contributed by atoms with Gasteiger partial charge in [0.25, 0.3) is 5.56 Å². The molecule has 1 atom stereocenters. The monoisotopic (exact) mass is 581 g/mol. The van der Waals surface area contributed by atoms with E-state index in [0.29, 0.717) is 23.7 Å². The predicted octanol–water partition coefficient (Wildman–Crippen LogP) is 4.15. The molecule has 5 rings (SSSR count). The summed E-state index contributed by atoms with van der Waals surface area (Å²) in [7, 11) is 0. The summed E-state index contributed by atoms with van der Waals surface area (Å²) in [6.07, 6.45) is 0.825. The summed E-state index contributed by atoms with van der Waals surface area (Å²) in [5, 5.41) is 14.0. The number of imidazole rings is 1. The van der Waals surface area contributed by atoms with Crippen LogP contribution in [-0.2, 0) is 4.74 Å². The molecule has 1 aliphatic heterocycles. The number of halogens is 1. The Balaban J connectivity index is 1.34. The number of nitrogens with zero attached hydrogens (tertiary/aromatic N) is 2. The second kappa shape index (κ2) is 11.7. The number of aryl methyl sites for hydroxylation is 2. The maximum atomic E-state index is 12.9. The largest absolute Gasteiger partial charge is 0.492 e. The Labute approximate surface area is 229 Å².